The first-order chi connectivity index (χ1) is 8.52. The Morgan fingerprint density at radius 1 is 1.39 bits per heavy atom. The second-order valence-electron chi connectivity index (χ2n) is 4.79. The van der Waals surface area contributed by atoms with Crippen LogP contribution in [0.25, 0.3) is 0 Å². The highest BCUT2D eigenvalue weighted by atomic mass is 79.9. The van der Waals surface area contributed by atoms with Crippen LogP contribution in [-0.4, -0.2) is 38.1 Å². The van der Waals surface area contributed by atoms with Crippen molar-refractivity contribution in [1.82, 2.24) is 10.2 Å². The second-order valence-corrected chi connectivity index (χ2v) is 6.11. The average molecular weight is 334 g/mol. The first-order valence-corrected chi connectivity index (χ1v) is 7.52. The Kier molecular flexibility index (Phi) is 7.23. The summed E-state index contributed by atoms with van der Waals surface area (Å²) < 4.78 is 1.03. The molecule has 0 amide bonds. The van der Waals surface area contributed by atoms with Gasteiger partial charge in [-0.05, 0) is 57.7 Å². The highest BCUT2D eigenvalue weighted by Gasteiger charge is 2.11. The van der Waals surface area contributed by atoms with Gasteiger partial charge in [-0.15, -0.1) is 0 Å². The lowest BCUT2D eigenvalue weighted by Gasteiger charge is -2.20. The molecule has 0 heterocycles. The molecule has 2 nitrogen and oxygen atoms in total. The van der Waals surface area contributed by atoms with Crippen LogP contribution in [0.15, 0.2) is 22.7 Å². The van der Waals surface area contributed by atoms with E-state index in [1.807, 2.05) is 6.07 Å². The normalized spacial score (nSPS) is 13.0. The van der Waals surface area contributed by atoms with Crippen LogP contribution >= 0.6 is 27.5 Å². The molecule has 18 heavy (non-hydrogen) atoms. The fourth-order valence-corrected chi connectivity index (χ4v) is 2.68. The van der Waals surface area contributed by atoms with Crippen molar-refractivity contribution >= 4 is 27.5 Å². The molecule has 0 fully saturated rings. The third-order valence-corrected chi connectivity index (χ3v) is 3.74. The van der Waals surface area contributed by atoms with Crippen LogP contribution in [0.4, 0.5) is 0 Å². The van der Waals surface area contributed by atoms with E-state index in [4.69, 9.17) is 11.6 Å². The van der Waals surface area contributed by atoms with Crippen molar-refractivity contribution in [2.75, 3.05) is 27.2 Å². The quantitative estimate of drug-likeness (QED) is 0.820. The van der Waals surface area contributed by atoms with Crippen molar-refractivity contribution in [3.8, 4) is 0 Å². The van der Waals surface area contributed by atoms with E-state index < -0.39 is 0 Å². The molecule has 0 aliphatic carbocycles. The zero-order valence-corrected chi connectivity index (χ0v) is 13.7. The molecular formula is C14H22BrClN2. The van der Waals surface area contributed by atoms with E-state index in [1.165, 1.54) is 5.56 Å². The summed E-state index contributed by atoms with van der Waals surface area (Å²) in [4.78, 5) is 2.22. The zero-order chi connectivity index (χ0) is 13.5. The van der Waals surface area contributed by atoms with E-state index >= 15 is 0 Å². The summed E-state index contributed by atoms with van der Waals surface area (Å²) in [6, 6.07) is 6.60. The highest BCUT2D eigenvalue weighted by Crippen LogP contribution is 2.23. The maximum Gasteiger partial charge on any atom is 0.0449 e. The van der Waals surface area contributed by atoms with Crippen molar-refractivity contribution in [1.29, 1.82) is 0 Å². The van der Waals surface area contributed by atoms with Gasteiger partial charge >= 0.3 is 0 Å². The minimum Gasteiger partial charge on any atom is -0.314 e. The first-order valence-electron chi connectivity index (χ1n) is 6.35. The molecule has 0 aliphatic heterocycles. The molecule has 0 spiro atoms. The van der Waals surface area contributed by atoms with Gasteiger partial charge in [0.1, 0.15) is 0 Å². The number of benzene rings is 1. The fourth-order valence-electron chi connectivity index (χ4n) is 1.93. The smallest absolute Gasteiger partial charge is 0.0449 e. The Hall–Kier alpha value is -0.0900. The standard InChI is InChI=1S/C14H22BrClN2/c1-4-17-13(7-8-18(2)3)9-11-5-6-12(15)10-14(11)16/h5-6,10,13,17H,4,7-9H2,1-3H3. The number of hydrogen-bond acceptors (Lipinski definition) is 2. The zero-order valence-electron chi connectivity index (χ0n) is 11.3. The molecule has 1 unspecified atom stereocenters. The summed E-state index contributed by atoms with van der Waals surface area (Å²) >= 11 is 9.70. The van der Waals surface area contributed by atoms with E-state index in [2.05, 4.69) is 59.3 Å². The van der Waals surface area contributed by atoms with Crippen molar-refractivity contribution in [3.05, 3.63) is 33.3 Å². The van der Waals surface area contributed by atoms with Crippen LogP contribution in [0.3, 0.4) is 0 Å². The average Bonchev–Trinajstić information content (AvgIpc) is 2.29. The Morgan fingerprint density at radius 3 is 2.67 bits per heavy atom. The lowest BCUT2D eigenvalue weighted by Crippen LogP contribution is -2.34. The molecule has 4 heteroatoms. The number of nitrogens with one attached hydrogen (secondary N) is 1. The summed E-state index contributed by atoms with van der Waals surface area (Å²) in [7, 11) is 4.21. The Morgan fingerprint density at radius 2 is 2.11 bits per heavy atom. The monoisotopic (exact) mass is 332 g/mol. The third-order valence-electron chi connectivity index (χ3n) is 2.90. The fraction of sp³-hybridized carbons (Fsp3) is 0.571. The summed E-state index contributed by atoms with van der Waals surface area (Å²) in [6.45, 7) is 4.23. The van der Waals surface area contributed by atoms with Crippen molar-refractivity contribution in [3.63, 3.8) is 0 Å². The number of hydrogen-bond donors (Lipinski definition) is 1. The SMILES string of the molecule is CCNC(CCN(C)C)Cc1ccc(Br)cc1Cl. The van der Waals surface area contributed by atoms with Crippen molar-refractivity contribution in [2.24, 2.45) is 0 Å². The van der Waals surface area contributed by atoms with Crippen LogP contribution < -0.4 is 5.32 Å². The topological polar surface area (TPSA) is 15.3 Å². The van der Waals surface area contributed by atoms with Crippen molar-refractivity contribution < 1.29 is 0 Å². The van der Waals surface area contributed by atoms with Gasteiger partial charge in [0.2, 0.25) is 0 Å². The van der Waals surface area contributed by atoms with Gasteiger partial charge in [-0.3, -0.25) is 0 Å². The van der Waals surface area contributed by atoms with E-state index in [0.29, 0.717) is 6.04 Å². The van der Waals surface area contributed by atoms with Crippen molar-refractivity contribution in [2.45, 2.75) is 25.8 Å². The molecule has 1 aromatic rings. The molecule has 0 saturated heterocycles. The molecule has 102 valence electrons. The van der Waals surface area contributed by atoms with Gasteiger partial charge in [0, 0.05) is 15.5 Å². The molecule has 0 bridgehead atoms. The first kappa shape index (κ1) is 16.0. The van der Waals surface area contributed by atoms with E-state index in [9.17, 15) is 0 Å². The Bertz CT molecular complexity index is 369. The lowest BCUT2D eigenvalue weighted by molar-refractivity contribution is 0.358. The van der Waals surface area contributed by atoms with Crippen LogP contribution in [0.2, 0.25) is 5.02 Å². The van der Waals surface area contributed by atoms with Gasteiger partial charge in [0.05, 0.1) is 0 Å². The molecule has 0 aromatic heterocycles. The molecule has 0 saturated carbocycles. The summed E-state index contributed by atoms with van der Waals surface area (Å²) in [5, 5.41) is 4.38. The summed E-state index contributed by atoms with van der Waals surface area (Å²) in [5.74, 6) is 0. The molecule has 1 rings (SSSR count). The van der Waals surface area contributed by atoms with Gasteiger partial charge in [0.25, 0.3) is 0 Å². The molecule has 1 aromatic carbocycles. The van der Waals surface area contributed by atoms with Gasteiger partial charge in [0.15, 0.2) is 0 Å². The summed E-state index contributed by atoms with van der Waals surface area (Å²) in [6.07, 6.45) is 2.11. The number of halogens is 2. The second kappa shape index (κ2) is 8.16. The number of likely N-dealkylation sites (N-methyl/N-ethyl adjacent to an activating group) is 1. The molecule has 1 atom stereocenters. The van der Waals surface area contributed by atoms with Gasteiger partial charge in [-0.25, -0.2) is 0 Å². The largest absolute Gasteiger partial charge is 0.314 e. The van der Waals surface area contributed by atoms with Crippen LogP contribution in [0.5, 0.6) is 0 Å². The highest BCUT2D eigenvalue weighted by molar-refractivity contribution is 9.10. The molecular weight excluding hydrogens is 312 g/mol. The maximum absolute atomic E-state index is 6.27. The molecule has 0 radical (unpaired) electrons. The van der Waals surface area contributed by atoms with E-state index in [0.717, 1.165) is 35.4 Å². The van der Waals surface area contributed by atoms with Crippen LogP contribution in [0.1, 0.15) is 18.9 Å². The minimum absolute atomic E-state index is 0.482. The maximum atomic E-state index is 6.27. The third kappa shape index (κ3) is 5.70. The van der Waals surface area contributed by atoms with E-state index in [1.54, 1.807) is 0 Å². The molecule has 0 aliphatic rings. The van der Waals surface area contributed by atoms with E-state index in [-0.39, 0.29) is 0 Å². The predicted molar refractivity (Wildman–Crippen MR) is 83.5 cm³/mol. The lowest BCUT2D eigenvalue weighted by atomic mass is 10.0. The number of nitrogens with zero attached hydrogens (tertiary/aromatic N) is 1. The van der Waals surface area contributed by atoms with Gasteiger partial charge in [-0.1, -0.05) is 40.5 Å². The molecule has 1 N–H and O–H groups in total. The number of rotatable bonds is 7. The summed E-state index contributed by atoms with van der Waals surface area (Å²) in [5.41, 5.74) is 1.21. The van der Waals surface area contributed by atoms with Crippen LogP contribution in [0, 0.1) is 0 Å². The van der Waals surface area contributed by atoms with Gasteiger partial charge in [-0.2, -0.15) is 0 Å². The minimum atomic E-state index is 0.482. The predicted octanol–water partition coefficient (Wildman–Crippen LogP) is 3.57. The van der Waals surface area contributed by atoms with Crippen LogP contribution in [-0.2, 0) is 6.42 Å². The Balaban J connectivity index is 2.64. The van der Waals surface area contributed by atoms with Gasteiger partial charge < -0.3 is 10.2 Å². The Labute approximate surface area is 124 Å².